The number of hydrogen-bond donors (Lipinski definition) is 0. The lowest BCUT2D eigenvalue weighted by Crippen LogP contribution is -2.22. The van der Waals surface area contributed by atoms with Crippen LogP contribution >= 0.6 is 0 Å². The van der Waals surface area contributed by atoms with E-state index in [1.54, 1.807) is 0 Å². The standard InChI is InChI=1S/C14H21Si/c1-5-11-10-12(15)8-9-13(11)14(4,6-2)7-3/h8-10H,5-7H2,1-4H3. The molecule has 0 atom stereocenters. The van der Waals surface area contributed by atoms with E-state index in [0.29, 0.717) is 5.41 Å². The van der Waals surface area contributed by atoms with Crippen LogP contribution in [0.3, 0.4) is 0 Å². The molecule has 3 radical (unpaired) electrons. The molecular formula is C14H21Si. The third-order valence-corrected chi connectivity index (χ3v) is 4.01. The summed E-state index contributed by atoms with van der Waals surface area (Å²) in [6, 6.07) is 6.71. The summed E-state index contributed by atoms with van der Waals surface area (Å²) in [5, 5.41) is 1.19. The van der Waals surface area contributed by atoms with Crippen LogP contribution in [0.15, 0.2) is 18.2 Å². The molecule has 1 aromatic carbocycles. The van der Waals surface area contributed by atoms with E-state index in [1.165, 1.54) is 29.2 Å². The molecule has 1 aromatic rings. The van der Waals surface area contributed by atoms with Crippen LogP contribution in [0.5, 0.6) is 0 Å². The first-order chi connectivity index (χ1) is 7.07. The Morgan fingerprint density at radius 2 is 1.73 bits per heavy atom. The molecule has 0 unspecified atom stereocenters. The van der Waals surface area contributed by atoms with E-state index in [-0.39, 0.29) is 0 Å². The Kier molecular flexibility index (Phi) is 4.15. The molecule has 0 N–H and O–H groups in total. The Morgan fingerprint density at radius 3 is 2.20 bits per heavy atom. The van der Waals surface area contributed by atoms with Gasteiger partial charge in [0.25, 0.3) is 0 Å². The summed E-state index contributed by atoms with van der Waals surface area (Å²) in [5.74, 6) is 0. The predicted molar refractivity (Wildman–Crippen MR) is 69.1 cm³/mol. The summed E-state index contributed by atoms with van der Waals surface area (Å²) < 4.78 is 0. The molecule has 0 aliphatic rings. The van der Waals surface area contributed by atoms with Crippen LogP contribution in [0.1, 0.15) is 51.7 Å². The van der Waals surface area contributed by atoms with E-state index < -0.39 is 0 Å². The van der Waals surface area contributed by atoms with Crippen molar-refractivity contribution >= 4 is 15.4 Å². The summed E-state index contributed by atoms with van der Waals surface area (Å²) in [7, 11) is 3.60. The fraction of sp³-hybridized carbons (Fsp3) is 0.571. The first-order valence-electron chi connectivity index (χ1n) is 5.92. The van der Waals surface area contributed by atoms with E-state index in [9.17, 15) is 0 Å². The van der Waals surface area contributed by atoms with Gasteiger partial charge in [0.1, 0.15) is 0 Å². The van der Waals surface area contributed by atoms with E-state index >= 15 is 0 Å². The third kappa shape index (κ3) is 2.51. The van der Waals surface area contributed by atoms with Gasteiger partial charge in [-0.3, -0.25) is 0 Å². The second-order valence-electron chi connectivity index (χ2n) is 4.49. The summed E-state index contributed by atoms with van der Waals surface area (Å²) in [5.41, 5.74) is 3.34. The fourth-order valence-corrected chi connectivity index (χ4v) is 2.36. The molecule has 0 bridgehead atoms. The molecule has 0 spiro atoms. The van der Waals surface area contributed by atoms with Crippen LogP contribution in [0.4, 0.5) is 0 Å². The van der Waals surface area contributed by atoms with Gasteiger partial charge in [0.2, 0.25) is 0 Å². The minimum atomic E-state index is 0.339. The number of hydrogen-bond acceptors (Lipinski definition) is 0. The normalized spacial score (nSPS) is 11.8. The van der Waals surface area contributed by atoms with Crippen molar-refractivity contribution in [2.75, 3.05) is 0 Å². The molecule has 0 amide bonds. The minimum Gasteiger partial charge on any atom is -0.0671 e. The molecule has 0 nitrogen and oxygen atoms in total. The molecule has 0 saturated carbocycles. The van der Waals surface area contributed by atoms with E-state index in [4.69, 9.17) is 0 Å². The number of rotatable bonds is 4. The monoisotopic (exact) mass is 217 g/mol. The lowest BCUT2D eigenvalue weighted by molar-refractivity contribution is 0.435. The maximum atomic E-state index is 3.60. The highest BCUT2D eigenvalue weighted by molar-refractivity contribution is 6.32. The largest absolute Gasteiger partial charge is 0.0711 e. The van der Waals surface area contributed by atoms with Crippen LogP contribution < -0.4 is 5.19 Å². The second-order valence-corrected chi connectivity index (χ2v) is 5.07. The van der Waals surface area contributed by atoms with Gasteiger partial charge in [0, 0.05) is 0 Å². The quantitative estimate of drug-likeness (QED) is 0.680. The van der Waals surface area contributed by atoms with Crippen molar-refractivity contribution in [3.63, 3.8) is 0 Å². The molecule has 1 rings (SSSR count). The average molecular weight is 217 g/mol. The maximum Gasteiger partial charge on any atom is 0.0711 e. The number of aryl methyl sites for hydroxylation is 1. The van der Waals surface area contributed by atoms with Crippen molar-refractivity contribution in [2.45, 2.75) is 52.4 Å². The van der Waals surface area contributed by atoms with Gasteiger partial charge in [0.05, 0.1) is 10.2 Å². The molecule has 1 heteroatoms. The van der Waals surface area contributed by atoms with Gasteiger partial charge in [-0.2, -0.15) is 0 Å². The SMILES string of the molecule is CCc1cc([Si])ccc1C(C)(CC)CC. The molecule has 0 aliphatic carbocycles. The third-order valence-electron chi connectivity index (χ3n) is 3.70. The highest BCUT2D eigenvalue weighted by Crippen LogP contribution is 2.33. The smallest absolute Gasteiger partial charge is 0.0671 e. The maximum absolute atomic E-state index is 3.60. The first-order valence-corrected chi connectivity index (χ1v) is 6.42. The van der Waals surface area contributed by atoms with Crippen molar-refractivity contribution in [1.82, 2.24) is 0 Å². The summed E-state index contributed by atoms with van der Waals surface area (Å²) in [6.07, 6.45) is 3.53. The highest BCUT2D eigenvalue weighted by atomic mass is 28.1. The molecular weight excluding hydrogens is 196 g/mol. The molecule has 15 heavy (non-hydrogen) atoms. The fourth-order valence-electron chi connectivity index (χ4n) is 2.11. The van der Waals surface area contributed by atoms with Gasteiger partial charge in [-0.1, -0.05) is 51.1 Å². The van der Waals surface area contributed by atoms with Crippen molar-refractivity contribution in [3.05, 3.63) is 29.3 Å². The molecule has 0 saturated heterocycles. The van der Waals surface area contributed by atoms with Crippen LogP contribution in [0.25, 0.3) is 0 Å². The van der Waals surface area contributed by atoms with E-state index in [1.807, 2.05) is 0 Å². The van der Waals surface area contributed by atoms with Crippen molar-refractivity contribution < 1.29 is 0 Å². The molecule has 81 valence electrons. The highest BCUT2D eigenvalue weighted by Gasteiger charge is 2.24. The van der Waals surface area contributed by atoms with Gasteiger partial charge in [-0.15, -0.1) is 0 Å². The minimum absolute atomic E-state index is 0.339. The van der Waals surface area contributed by atoms with Crippen molar-refractivity contribution in [1.29, 1.82) is 0 Å². The van der Waals surface area contributed by atoms with Gasteiger partial charge in [0.15, 0.2) is 0 Å². The number of benzene rings is 1. The van der Waals surface area contributed by atoms with Gasteiger partial charge >= 0.3 is 0 Å². The summed E-state index contributed by atoms with van der Waals surface area (Å²) >= 11 is 0. The first kappa shape index (κ1) is 12.5. The lowest BCUT2D eigenvalue weighted by Gasteiger charge is -2.30. The van der Waals surface area contributed by atoms with Gasteiger partial charge in [-0.05, 0) is 35.8 Å². The van der Waals surface area contributed by atoms with E-state index in [2.05, 4.69) is 56.1 Å². The van der Waals surface area contributed by atoms with Gasteiger partial charge < -0.3 is 0 Å². The average Bonchev–Trinajstić information content (AvgIpc) is 2.27. The summed E-state index contributed by atoms with van der Waals surface area (Å²) in [4.78, 5) is 0. The Bertz CT molecular complexity index is 324. The summed E-state index contributed by atoms with van der Waals surface area (Å²) in [6.45, 7) is 9.17. The van der Waals surface area contributed by atoms with E-state index in [0.717, 1.165) is 6.42 Å². The Balaban J connectivity index is 3.23. The van der Waals surface area contributed by atoms with Crippen molar-refractivity contribution in [2.24, 2.45) is 0 Å². The predicted octanol–water partition coefficient (Wildman–Crippen LogP) is 3.12. The molecule has 0 aliphatic heterocycles. The second kappa shape index (κ2) is 4.98. The Morgan fingerprint density at radius 1 is 1.13 bits per heavy atom. The van der Waals surface area contributed by atoms with Crippen LogP contribution in [-0.4, -0.2) is 10.2 Å². The lowest BCUT2D eigenvalue weighted by atomic mass is 9.75. The zero-order valence-corrected chi connectivity index (χ0v) is 11.4. The zero-order valence-electron chi connectivity index (χ0n) is 10.4. The topological polar surface area (TPSA) is 0 Å². The van der Waals surface area contributed by atoms with Crippen LogP contribution in [-0.2, 0) is 11.8 Å². The molecule has 0 heterocycles. The molecule has 0 fully saturated rings. The molecule has 0 aromatic heterocycles. The Labute approximate surface area is 97.5 Å². The van der Waals surface area contributed by atoms with Crippen LogP contribution in [0.2, 0.25) is 0 Å². The van der Waals surface area contributed by atoms with Crippen molar-refractivity contribution in [3.8, 4) is 0 Å². The zero-order chi connectivity index (χ0) is 11.5. The van der Waals surface area contributed by atoms with Gasteiger partial charge in [-0.25, -0.2) is 0 Å². The Hall–Kier alpha value is -0.563. The van der Waals surface area contributed by atoms with Crippen LogP contribution in [0, 0.1) is 0 Å².